The van der Waals surface area contributed by atoms with Crippen LogP contribution in [0.3, 0.4) is 0 Å². The van der Waals surface area contributed by atoms with Crippen LogP contribution >= 0.6 is 0 Å². The summed E-state index contributed by atoms with van der Waals surface area (Å²) in [6, 6.07) is 0. The molecule has 0 aliphatic heterocycles. The molecule has 0 spiro atoms. The molecule has 0 amide bonds. The summed E-state index contributed by atoms with van der Waals surface area (Å²) in [6.07, 6.45) is -6.35. The predicted molar refractivity (Wildman–Crippen MR) is 38.1 cm³/mol. The highest BCUT2D eigenvalue weighted by atomic mass is 16.6. The van der Waals surface area contributed by atoms with E-state index in [1.165, 1.54) is 0 Å². The molecule has 0 fully saturated rings. The van der Waals surface area contributed by atoms with Crippen molar-refractivity contribution in [3.8, 4) is 0 Å². The van der Waals surface area contributed by atoms with Crippen molar-refractivity contribution in [3.05, 3.63) is 0 Å². The van der Waals surface area contributed by atoms with Gasteiger partial charge in [0.1, 0.15) is 18.3 Å². The van der Waals surface area contributed by atoms with Crippen LogP contribution in [0, 0.1) is 0 Å². The van der Waals surface area contributed by atoms with Crippen molar-refractivity contribution in [2.45, 2.75) is 24.6 Å². The van der Waals surface area contributed by atoms with Crippen LogP contribution in [0.2, 0.25) is 0 Å². The molecule has 0 aromatic carbocycles. The third kappa shape index (κ3) is 3.02. The van der Waals surface area contributed by atoms with Crippen molar-refractivity contribution in [3.63, 3.8) is 0 Å². The number of methoxy groups -OCH3 is 1. The van der Waals surface area contributed by atoms with E-state index >= 15 is 0 Å². The molecule has 0 bridgehead atoms. The highest BCUT2D eigenvalue weighted by Gasteiger charge is 2.29. The van der Waals surface area contributed by atoms with Crippen LogP contribution in [0.15, 0.2) is 0 Å². The Hall–Kier alpha value is -0.240. The van der Waals surface area contributed by atoms with E-state index in [1.54, 1.807) is 0 Å². The van der Waals surface area contributed by atoms with Gasteiger partial charge >= 0.3 is 0 Å². The molecule has 0 aliphatic carbocycles. The van der Waals surface area contributed by atoms with Gasteiger partial charge < -0.3 is 30.3 Å². The van der Waals surface area contributed by atoms with E-state index in [4.69, 9.17) is 25.5 Å². The van der Waals surface area contributed by atoms with Gasteiger partial charge in [-0.15, -0.1) is 0 Å². The standard InChI is InChI=1S/C6H14O6/c1-12-6(11)5(10)4(9)3(8)2-7/h3-11H,2H2,1H3/t3-,4-,5-,6+/m1/s1. The lowest BCUT2D eigenvalue weighted by molar-refractivity contribution is -0.193. The highest BCUT2D eigenvalue weighted by molar-refractivity contribution is 4.76. The van der Waals surface area contributed by atoms with Gasteiger partial charge in [-0.1, -0.05) is 0 Å². The van der Waals surface area contributed by atoms with Gasteiger partial charge in [0.25, 0.3) is 0 Å². The monoisotopic (exact) mass is 182 g/mol. The average molecular weight is 182 g/mol. The maximum absolute atomic E-state index is 8.99. The van der Waals surface area contributed by atoms with Crippen LogP contribution in [-0.4, -0.2) is 63.9 Å². The molecular weight excluding hydrogens is 168 g/mol. The second kappa shape index (κ2) is 5.41. The van der Waals surface area contributed by atoms with E-state index in [0.717, 1.165) is 7.11 Å². The van der Waals surface area contributed by atoms with Gasteiger partial charge in [-0.3, -0.25) is 0 Å². The van der Waals surface area contributed by atoms with Crippen LogP contribution in [0.25, 0.3) is 0 Å². The minimum Gasteiger partial charge on any atom is -0.394 e. The van der Waals surface area contributed by atoms with Gasteiger partial charge in [-0.2, -0.15) is 0 Å². The second-order valence-corrected chi connectivity index (χ2v) is 2.36. The maximum Gasteiger partial charge on any atom is 0.183 e. The Labute approximate surface area is 69.6 Å². The van der Waals surface area contributed by atoms with Crippen LogP contribution in [0.5, 0.6) is 0 Å². The van der Waals surface area contributed by atoms with Crippen molar-refractivity contribution >= 4 is 0 Å². The lowest BCUT2D eigenvalue weighted by Gasteiger charge is -2.24. The maximum atomic E-state index is 8.99. The molecule has 0 saturated heterocycles. The van der Waals surface area contributed by atoms with Gasteiger partial charge in [-0.05, 0) is 0 Å². The Morgan fingerprint density at radius 2 is 1.58 bits per heavy atom. The molecule has 0 rings (SSSR count). The summed E-state index contributed by atoms with van der Waals surface area (Å²) in [5, 5.41) is 44.0. The molecule has 0 radical (unpaired) electrons. The summed E-state index contributed by atoms with van der Waals surface area (Å²) in [7, 11) is 1.13. The minimum absolute atomic E-state index is 0.700. The molecule has 5 N–H and O–H groups in total. The SMILES string of the molecule is CO[C@H](O)[C@H](O)[C@H](O)[C@H](O)CO. The first-order valence-electron chi connectivity index (χ1n) is 3.40. The van der Waals surface area contributed by atoms with Crippen LogP contribution in [0.4, 0.5) is 0 Å². The van der Waals surface area contributed by atoms with Gasteiger partial charge in [0, 0.05) is 7.11 Å². The number of aliphatic hydroxyl groups is 5. The molecular formula is C6H14O6. The van der Waals surface area contributed by atoms with Crippen LogP contribution < -0.4 is 0 Å². The lowest BCUT2D eigenvalue weighted by Crippen LogP contribution is -2.46. The molecule has 74 valence electrons. The fraction of sp³-hybridized carbons (Fsp3) is 1.00. The first kappa shape index (κ1) is 11.8. The summed E-state index contributed by atoms with van der Waals surface area (Å²) < 4.78 is 4.28. The number of hydrogen-bond donors (Lipinski definition) is 5. The second-order valence-electron chi connectivity index (χ2n) is 2.36. The molecule has 4 atom stereocenters. The van der Waals surface area contributed by atoms with Crippen molar-refractivity contribution in [1.82, 2.24) is 0 Å². The average Bonchev–Trinajstić information content (AvgIpc) is 2.12. The molecule has 0 aromatic rings. The Kier molecular flexibility index (Phi) is 5.31. The topological polar surface area (TPSA) is 110 Å². The number of ether oxygens (including phenoxy) is 1. The molecule has 0 aromatic heterocycles. The summed E-state index contributed by atoms with van der Waals surface area (Å²) >= 11 is 0. The lowest BCUT2D eigenvalue weighted by atomic mass is 10.1. The van der Waals surface area contributed by atoms with Crippen LogP contribution in [-0.2, 0) is 4.74 Å². The van der Waals surface area contributed by atoms with Gasteiger partial charge in [0.05, 0.1) is 6.61 Å². The number of hydrogen-bond acceptors (Lipinski definition) is 6. The summed E-state index contributed by atoms with van der Waals surface area (Å²) in [4.78, 5) is 0. The zero-order valence-electron chi connectivity index (χ0n) is 6.66. The predicted octanol–water partition coefficient (Wildman–Crippen LogP) is -2.97. The molecule has 6 heteroatoms. The Morgan fingerprint density at radius 3 is 1.92 bits per heavy atom. The summed E-state index contributed by atoms with van der Waals surface area (Å²) in [6.45, 7) is -0.700. The van der Waals surface area contributed by atoms with Gasteiger partial charge in [-0.25, -0.2) is 0 Å². The fourth-order valence-corrected chi connectivity index (χ4v) is 0.644. The van der Waals surface area contributed by atoms with Crippen molar-refractivity contribution in [1.29, 1.82) is 0 Å². The van der Waals surface area contributed by atoms with E-state index < -0.39 is 31.2 Å². The van der Waals surface area contributed by atoms with Crippen molar-refractivity contribution in [2.75, 3.05) is 13.7 Å². The van der Waals surface area contributed by atoms with E-state index in [0.29, 0.717) is 0 Å². The van der Waals surface area contributed by atoms with E-state index in [2.05, 4.69) is 4.74 Å². The molecule has 0 aliphatic rings. The Balaban J connectivity index is 3.99. The number of aliphatic hydroxyl groups excluding tert-OH is 5. The van der Waals surface area contributed by atoms with Crippen molar-refractivity contribution in [2.24, 2.45) is 0 Å². The highest BCUT2D eigenvalue weighted by Crippen LogP contribution is 2.04. The smallest absolute Gasteiger partial charge is 0.183 e. The molecule has 12 heavy (non-hydrogen) atoms. The largest absolute Gasteiger partial charge is 0.394 e. The zero-order valence-corrected chi connectivity index (χ0v) is 6.66. The summed E-state index contributed by atoms with van der Waals surface area (Å²) in [5.74, 6) is 0. The van der Waals surface area contributed by atoms with E-state index in [-0.39, 0.29) is 0 Å². The quantitative estimate of drug-likeness (QED) is 0.290. The zero-order chi connectivity index (χ0) is 9.72. The molecule has 0 heterocycles. The first-order chi connectivity index (χ1) is 5.54. The first-order valence-corrected chi connectivity index (χ1v) is 3.40. The Bertz CT molecular complexity index is 105. The normalized spacial score (nSPS) is 21.5. The minimum atomic E-state index is -1.64. The molecule has 0 unspecified atom stereocenters. The molecule has 6 nitrogen and oxygen atoms in total. The fourth-order valence-electron chi connectivity index (χ4n) is 0.644. The van der Waals surface area contributed by atoms with E-state index in [9.17, 15) is 0 Å². The van der Waals surface area contributed by atoms with E-state index in [1.807, 2.05) is 0 Å². The summed E-state index contributed by atoms with van der Waals surface area (Å²) in [5.41, 5.74) is 0. The third-order valence-corrected chi connectivity index (χ3v) is 1.46. The van der Waals surface area contributed by atoms with Crippen molar-refractivity contribution < 1.29 is 30.3 Å². The van der Waals surface area contributed by atoms with Crippen LogP contribution in [0.1, 0.15) is 0 Å². The molecule has 0 saturated carbocycles. The van der Waals surface area contributed by atoms with Gasteiger partial charge in [0.2, 0.25) is 0 Å². The third-order valence-electron chi connectivity index (χ3n) is 1.46. The van der Waals surface area contributed by atoms with Gasteiger partial charge in [0.15, 0.2) is 6.29 Å². The number of rotatable bonds is 5. The Morgan fingerprint density at radius 1 is 1.08 bits per heavy atom.